The molecule has 1 aromatic heterocycles. The number of aromatic nitrogens is 2. The summed E-state index contributed by atoms with van der Waals surface area (Å²) >= 11 is 0. The first-order valence-corrected chi connectivity index (χ1v) is 7.00. The molecule has 21 heavy (non-hydrogen) atoms. The molecule has 1 aliphatic heterocycles. The molecule has 0 aliphatic carbocycles. The van der Waals surface area contributed by atoms with Crippen LogP contribution in [0.4, 0.5) is 5.69 Å². The standard InChI is InChI=1S/C15H18N4O2/c1-10-17-13(21-19-10)11-5-3-4-6-12(11)18-14(20)15(2)7-8-16-9-15/h3-6,16H,7-9H2,1-2H3,(H,18,20). The van der Waals surface area contributed by atoms with Gasteiger partial charge in [0, 0.05) is 6.54 Å². The zero-order valence-electron chi connectivity index (χ0n) is 12.1. The van der Waals surface area contributed by atoms with Crippen molar-refractivity contribution >= 4 is 11.6 Å². The number of benzene rings is 1. The topological polar surface area (TPSA) is 80.0 Å². The predicted molar refractivity (Wildman–Crippen MR) is 78.7 cm³/mol. The highest BCUT2D eigenvalue weighted by Gasteiger charge is 2.36. The quantitative estimate of drug-likeness (QED) is 0.902. The lowest BCUT2D eigenvalue weighted by molar-refractivity contribution is -0.123. The van der Waals surface area contributed by atoms with E-state index in [9.17, 15) is 4.79 Å². The number of nitrogens with zero attached hydrogens (tertiary/aromatic N) is 2. The molecule has 2 aromatic rings. The van der Waals surface area contributed by atoms with Crippen LogP contribution in [0.25, 0.3) is 11.5 Å². The molecule has 110 valence electrons. The summed E-state index contributed by atoms with van der Waals surface area (Å²) in [6.45, 7) is 5.30. The van der Waals surface area contributed by atoms with Gasteiger partial charge in [0.25, 0.3) is 5.89 Å². The Hall–Kier alpha value is -2.21. The van der Waals surface area contributed by atoms with E-state index in [1.807, 2.05) is 31.2 Å². The van der Waals surface area contributed by atoms with Crippen molar-refractivity contribution in [3.63, 3.8) is 0 Å². The van der Waals surface area contributed by atoms with Crippen LogP contribution < -0.4 is 10.6 Å². The van der Waals surface area contributed by atoms with E-state index in [4.69, 9.17) is 4.52 Å². The molecule has 0 spiro atoms. The molecule has 0 bridgehead atoms. The summed E-state index contributed by atoms with van der Waals surface area (Å²) in [5.41, 5.74) is 1.05. The number of nitrogens with one attached hydrogen (secondary N) is 2. The molecule has 6 nitrogen and oxygen atoms in total. The van der Waals surface area contributed by atoms with Crippen LogP contribution in [0.5, 0.6) is 0 Å². The highest BCUT2D eigenvalue weighted by atomic mass is 16.5. The number of para-hydroxylation sites is 1. The third-order valence-electron chi connectivity index (χ3n) is 3.85. The lowest BCUT2D eigenvalue weighted by Gasteiger charge is -2.22. The van der Waals surface area contributed by atoms with Gasteiger partial charge < -0.3 is 15.2 Å². The summed E-state index contributed by atoms with van der Waals surface area (Å²) in [6.07, 6.45) is 0.834. The van der Waals surface area contributed by atoms with Crippen LogP contribution in [-0.2, 0) is 4.79 Å². The SMILES string of the molecule is Cc1noc(-c2ccccc2NC(=O)C2(C)CCNC2)n1. The molecular weight excluding hydrogens is 268 g/mol. The number of amides is 1. The van der Waals surface area contributed by atoms with E-state index in [2.05, 4.69) is 20.8 Å². The first-order valence-electron chi connectivity index (χ1n) is 7.00. The van der Waals surface area contributed by atoms with Crippen molar-refractivity contribution in [3.05, 3.63) is 30.1 Å². The van der Waals surface area contributed by atoms with E-state index < -0.39 is 0 Å². The largest absolute Gasteiger partial charge is 0.334 e. The number of carbonyl (C=O) groups is 1. The van der Waals surface area contributed by atoms with Crippen LogP contribution in [0.15, 0.2) is 28.8 Å². The summed E-state index contributed by atoms with van der Waals surface area (Å²) in [6, 6.07) is 7.46. The second kappa shape index (κ2) is 5.29. The van der Waals surface area contributed by atoms with Gasteiger partial charge in [0.2, 0.25) is 5.91 Å². The molecular formula is C15H18N4O2. The predicted octanol–water partition coefficient (Wildman–Crippen LogP) is 1.98. The van der Waals surface area contributed by atoms with Gasteiger partial charge in [0.1, 0.15) is 0 Å². The molecule has 1 fully saturated rings. The van der Waals surface area contributed by atoms with Gasteiger partial charge >= 0.3 is 0 Å². The molecule has 0 saturated carbocycles. The van der Waals surface area contributed by atoms with Crippen LogP contribution in [0, 0.1) is 12.3 Å². The summed E-state index contributed by atoms with van der Waals surface area (Å²) in [5.74, 6) is 0.993. The van der Waals surface area contributed by atoms with E-state index in [1.54, 1.807) is 6.92 Å². The minimum absolute atomic E-state index is 0.0104. The molecule has 1 atom stereocenters. The van der Waals surface area contributed by atoms with Crippen molar-refractivity contribution in [1.29, 1.82) is 0 Å². The lowest BCUT2D eigenvalue weighted by Crippen LogP contribution is -2.35. The lowest BCUT2D eigenvalue weighted by atomic mass is 9.88. The van der Waals surface area contributed by atoms with Crippen LogP contribution in [0.1, 0.15) is 19.2 Å². The summed E-state index contributed by atoms with van der Waals surface area (Å²) < 4.78 is 5.20. The Morgan fingerprint density at radius 3 is 2.90 bits per heavy atom. The Kier molecular flexibility index (Phi) is 3.47. The highest BCUT2D eigenvalue weighted by molar-refractivity contribution is 5.98. The fraction of sp³-hybridized carbons (Fsp3) is 0.400. The minimum atomic E-state index is -0.377. The Morgan fingerprint density at radius 2 is 2.24 bits per heavy atom. The smallest absolute Gasteiger partial charge is 0.260 e. The Bertz CT molecular complexity index is 659. The van der Waals surface area contributed by atoms with Gasteiger partial charge in [-0.05, 0) is 38.9 Å². The normalized spacial score (nSPS) is 21.4. The summed E-state index contributed by atoms with van der Waals surface area (Å²) in [5, 5.41) is 10.0. The number of aryl methyl sites for hydroxylation is 1. The zero-order valence-corrected chi connectivity index (χ0v) is 12.1. The van der Waals surface area contributed by atoms with E-state index in [0.717, 1.165) is 18.5 Å². The highest BCUT2D eigenvalue weighted by Crippen LogP contribution is 2.30. The maximum Gasteiger partial charge on any atom is 0.260 e. The fourth-order valence-electron chi connectivity index (χ4n) is 2.47. The molecule has 1 saturated heterocycles. The molecule has 3 rings (SSSR count). The maximum atomic E-state index is 12.5. The third kappa shape index (κ3) is 2.67. The van der Waals surface area contributed by atoms with Crippen LogP contribution in [0.2, 0.25) is 0 Å². The summed E-state index contributed by atoms with van der Waals surface area (Å²) in [4.78, 5) is 16.7. The van der Waals surface area contributed by atoms with Gasteiger partial charge in [-0.25, -0.2) is 0 Å². The molecule has 6 heteroatoms. The van der Waals surface area contributed by atoms with Crippen molar-refractivity contribution < 1.29 is 9.32 Å². The van der Waals surface area contributed by atoms with Crippen LogP contribution in [-0.4, -0.2) is 29.1 Å². The molecule has 1 unspecified atom stereocenters. The second-order valence-electron chi connectivity index (χ2n) is 5.63. The van der Waals surface area contributed by atoms with Gasteiger partial charge in [-0.2, -0.15) is 4.98 Å². The van der Waals surface area contributed by atoms with Gasteiger partial charge in [0.05, 0.1) is 16.7 Å². The Labute approximate surface area is 122 Å². The number of hydrogen-bond acceptors (Lipinski definition) is 5. The molecule has 1 aliphatic rings. The first-order chi connectivity index (χ1) is 10.1. The van der Waals surface area contributed by atoms with Gasteiger partial charge in [-0.3, -0.25) is 4.79 Å². The average Bonchev–Trinajstić information content (AvgIpc) is 3.09. The molecule has 2 heterocycles. The van der Waals surface area contributed by atoms with Crippen LogP contribution in [0.3, 0.4) is 0 Å². The number of carbonyl (C=O) groups excluding carboxylic acids is 1. The monoisotopic (exact) mass is 286 g/mol. The van der Waals surface area contributed by atoms with E-state index in [1.165, 1.54) is 0 Å². The Morgan fingerprint density at radius 1 is 1.43 bits per heavy atom. The van der Waals surface area contributed by atoms with Crippen molar-refractivity contribution in [1.82, 2.24) is 15.5 Å². The third-order valence-corrected chi connectivity index (χ3v) is 3.85. The van der Waals surface area contributed by atoms with Crippen molar-refractivity contribution in [2.24, 2.45) is 5.41 Å². The maximum absolute atomic E-state index is 12.5. The zero-order chi connectivity index (χ0) is 14.9. The molecule has 0 radical (unpaired) electrons. The van der Waals surface area contributed by atoms with Crippen molar-refractivity contribution in [2.75, 3.05) is 18.4 Å². The van der Waals surface area contributed by atoms with Gasteiger partial charge in [-0.15, -0.1) is 0 Å². The van der Waals surface area contributed by atoms with Gasteiger partial charge in [-0.1, -0.05) is 17.3 Å². The second-order valence-corrected chi connectivity index (χ2v) is 5.63. The molecule has 1 aromatic carbocycles. The fourth-order valence-corrected chi connectivity index (χ4v) is 2.47. The Balaban J connectivity index is 1.87. The minimum Gasteiger partial charge on any atom is -0.334 e. The van der Waals surface area contributed by atoms with Crippen LogP contribution >= 0.6 is 0 Å². The number of anilines is 1. The van der Waals surface area contributed by atoms with E-state index >= 15 is 0 Å². The van der Waals surface area contributed by atoms with E-state index in [-0.39, 0.29) is 11.3 Å². The number of rotatable bonds is 3. The average molecular weight is 286 g/mol. The number of hydrogen-bond donors (Lipinski definition) is 2. The van der Waals surface area contributed by atoms with Crippen molar-refractivity contribution in [2.45, 2.75) is 20.3 Å². The molecule has 1 amide bonds. The molecule has 2 N–H and O–H groups in total. The van der Waals surface area contributed by atoms with Crippen molar-refractivity contribution in [3.8, 4) is 11.5 Å². The van der Waals surface area contributed by atoms with Gasteiger partial charge in [0.15, 0.2) is 5.82 Å². The van der Waals surface area contributed by atoms with E-state index in [0.29, 0.717) is 23.9 Å². The first kappa shape index (κ1) is 13.8. The summed E-state index contributed by atoms with van der Waals surface area (Å²) in [7, 11) is 0.